The van der Waals surface area contributed by atoms with Gasteiger partial charge in [0.1, 0.15) is 5.88 Å². The van der Waals surface area contributed by atoms with E-state index in [1.54, 1.807) is 0 Å². The topological polar surface area (TPSA) is 80.9 Å². The van der Waals surface area contributed by atoms with Crippen LogP contribution in [0.5, 0.6) is 0 Å². The zero-order valence-electron chi connectivity index (χ0n) is 9.08. The first-order valence-corrected chi connectivity index (χ1v) is 6.63. The lowest BCUT2D eigenvalue weighted by Gasteiger charge is -2.19. The Morgan fingerprint density at radius 3 is 2.00 bits per heavy atom. The molecule has 0 aromatic heterocycles. The molecule has 0 aromatic rings. The summed E-state index contributed by atoms with van der Waals surface area (Å²) in [6.45, 7) is 2.40. The molecule has 0 saturated carbocycles. The molecular formula is C8H19ClN2O4S. The Morgan fingerprint density at radius 1 is 1.12 bits per heavy atom. The Kier molecular flexibility index (Phi) is 7.45. The van der Waals surface area contributed by atoms with Gasteiger partial charge in [0, 0.05) is 19.6 Å². The van der Waals surface area contributed by atoms with E-state index in [4.69, 9.17) is 10.2 Å². The number of aliphatic hydroxyl groups excluding tert-OH is 2. The van der Waals surface area contributed by atoms with Gasteiger partial charge in [0.05, 0.1) is 13.2 Å². The number of halogens is 1. The fourth-order valence-corrected chi connectivity index (χ4v) is 2.56. The van der Waals surface area contributed by atoms with Gasteiger partial charge in [-0.3, -0.25) is 4.90 Å². The first-order chi connectivity index (χ1) is 7.10. The molecule has 1 fully saturated rings. The quantitative estimate of drug-likeness (QED) is 0.537. The molecule has 2 N–H and O–H groups in total. The normalized spacial score (nSPS) is 21.8. The van der Waals surface area contributed by atoms with Crippen LogP contribution >= 0.6 is 12.4 Å². The standard InChI is InChI=1S/C8H18N2O4S.ClH/c11-6-4-9(5-7-12)2-1-3-10-8-15(10,13)14;/h11-12H,1-8H2;1H. The van der Waals surface area contributed by atoms with Gasteiger partial charge >= 0.3 is 0 Å². The predicted octanol–water partition coefficient (Wildman–Crippen LogP) is -1.31. The van der Waals surface area contributed by atoms with E-state index in [-0.39, 0.29) is 31.5 Å². The van der Waals surface area contributed by atoms with Gasteiger partial charge in [-0.25, -0.2) is 8.42 Å². The van der Waals surface area contributed by atoms with Gasteiger partial charge in [-0.2, -0.15) is 4.31 Å². The van der Waals surface area contributed by atoms with E-state index >= 15 is 0 Å². The average Bonchev–Trinajstić information content (AvgIpc) is 2.75. The maximum absolute atomic E-state index is 10.8. The third-order valence-electron chi connectivity index (χ3n) is 2.34. The van der Waals surface area contributed by atoms with Gasteiger partial charge < -0.3 is 10.2 Å². The maximum atomic E-state index is 10.8. The van der Waals surface area contributed by atoms with Gasteiger partial charge in [0.2, 0.25) is 10.0 Å². The van der Waals surface area contributed by atoms with Crippen LogP contribution in [0.1, 0.15) is 6.42 Å². The van der Waals surface area contributed by atoms with Crippen molar-refractivity contribution in [3.05, 3.63) is 0 Å². The average molecular weight is 275 g/mol. The van der Waals surface area contributed by atoms with Crippen LogP contribution < -0.4 is 0 Å². The molecule has 0 aliphatic carbocycles. The Hall–Kier alpha value is 0.0800. The van der Waals surface area contributed by atoms with Crippen molar-refractivity contribution < 1.29 is 18.6 Å². The van der Waals surface area contributed by atoms with Crippen molar-refractivity contribution in [3.8, 4) is 0 Å². The van der Waals surface area contributed by atoms with Crippen molar-refractivity contribution in [2.75, 3.05) is 45.3 Å². The highest BCUT2D eigenvalue weighted by Gasteiger charge is 2.39. The highest BCUT2D eigenvalue weighted by atomic mass is 35.5. The van der Waals surface area contributed by atoms with E-state index in [1.165, 1.54) is 4.31 Å². The van der Waals surface area contributed by atoms with Gasteiger partial charge in [-0.1, -0.05) is 0 Å². The highest BCUT2D eigenvalue weighted by molar-refractivity contribution is 7.95. The molecule has 1 atom stereocenters. The second kappa shape index (κ2) is 7.41. The van der Waals surface area contributed by atoms with Crippen LogP contribution in [-0.4, -0.2) is 73.1 Å². The van der Waals surface area contributed by atoms with Crippen LogP contribution in [-0.2, 0) is 10.0 Å². The number of hydrogen-bond donors (Lipinski definition) is 2. The van der Waals surface area contributed by atoms with Crippen LogP contribution in [0.4, 0.5) is 0 Å². The largest absolute Gasteiger partial charge is 0.395 e. The molecule has 0 bridgehead atoms. The van der Waals surface area contributed by atoms with Crippen LogP contribution in [0.15, 0.2) is 0 Å². The summed E-state index contributed by atoms with van der Waals surface area (Å²) in [6.07, 6.45) is 0.735. The molecule has 1 aliphatic rings. The number of aliphatic hydroxyl groups is 2. The smallest absolute Gasteiger partial charge is 0.229 e. The Labute approximate surface area is 102 Å². The molecular weight excluding hydrogens is 256 g/mol. The summed E-state index contributed by atoms with van der Waals surface area (Å²) in [7, 11) is -2.86. The number of sulfonamides is 1. The maximum Gasteiger partial charge on any atom is 0.229 e. The lowest BCUT2D eigenvalue weighted by molar-refractivity contribution is 0.159. The van der Waals surface area contributed by atoms with Crippen LogP contribution in [0.3, 0.4) is 0 Å². The molecule has 8 heteroatoms. The van der Waals surface area contributed by atoms with Crippen molar-refractivity contribution >= 4 is 22.4 Å². The molecule has 0 spiro atoms. The van der Waals surface area contributed by atoms with Crippen LogP contribution in [0.25, 0.3) is 0 Å². The molecule has 98 valence electrons. The minimum absolute atomic E-state index is 0. The summed E-state index contributed by atoms with van der Waals surface area (Å²) >= 11 is 0. The summed E-state index contributed by atoms with van der Waals surface area (Å²) in [5.41, 5.74) is 0. The van der Waals surface area contributed by atoms with Crippen molar-refractivity contribution in [3.63, 3.8) is 0 Å². The number of rotatable bonds is 8. The minimum atomic E-state index is -2.86. The van der Waals surface area contributed by atoms with Crippen LogP contribution in [0.2, 0.25) is 0 Å². The zero-order valence-corrected chi connectivity index (χ0v) is 10.7. The predicted molar refractivity (Wildman–Crippen MR) is 63.0 cm³/mol. The van der Waals surface area contributed by atoms with Crippen molar-refractivity contribution in [1.82, 2.24) is 9.21 Å². The molecule has 0 amide bonds. The van der Waals surface area contributed by atoms with Gasteiger partial charge in [0.15, 0.2) is 0 Å². The molecule has 0 aromatic carbocycles. The highest BCUT2D eigenvalue weighted by Crippen LogP contribution is 2.18. The van der Waals surface area contributed by atoms with E-state index < -0.39 is 10.0 Å². The molecule has 16 heavy (non-hydrogen) atoms. The third kappa shape index (κ3) is 5.42. The fraction of sp³-hybridized carbons (Fsp3) is 1.00. The fourth-order valence-electron chi connectivity index (χ4n) is 1.45. The molecule has 1 aliphatic heterocycles. The molecule has 1 saturated heterocycles. The molecule has 1 heterocycles. The second-order valence-electron chi connectivity index (χ2n) is 3.56. The third-order valence-corrected chi connectivity index (χ3v) is 3.78. The van der Waals surface area contributed by atoms with E-state index in [9.17, 15) is 8.42 Å². The van der Waals surface area contributed by atoms with Crippen molar-refractivity contribution in [2.24, 2.45) is 0 Å². The lowest BCUT2D eigenvalue weighted by Crippen LogP contribution is -2.31. The molecule has 1 unspecified atom stereocenters. The van der Waals surface area contributed by atoms with Crippen molar-refractivity contribution in [2.45, 2.75) is 6.42 Å². The SMILES string of the molecule is Cl.O=S1(=O)CN1CCCN(CCO)CCO. The summed E-state index contributed by atoms with van der Waals surface area (Å²) in [5.74, 6) is 0.174. The zero-order chi connectivity index (χ0) is 11.3. The van der Waals surface area contributed by atoms with Gasteiger partial charge in [-0.05, 0) is 13.0 Å². The Bertz CT molecular complexity index is 280. The summed E-state index contributed by atoms with van der Waals surface area (Å²) in [4.78, 5) is 1.91. The van der Waals surface area contributed by atoms with E-state index in [0.29, 0.717) is 26.2 Å². The monoisotopic (exact) mass is 274 g/mol. The molecule has 0 radical (unpaired) electrons. The van der Waals surface area contributed by atoms with Gasteiger partial charge in [0.25, 0.3) is 0 Å². The minimum Gasteiger partial charge on any atom is -0.395 e. The number of hydrogen-bond acceptors (Lipinski definition) is 5. The van der Waals surface area contributed by atoms with Crippen molar-refractivity contribution in [1.29, 1.82) is 0 Å². The van der Waals surface area contributed by atoms with E-state index in [1.807, 2.05) is 4.90 Å². The first-order valence-electron chi connectivity index (χ1n) is 5.02. The molecule has 6 nitrogen and oxygen atoms in total. The Morgan fingerprint density at radius 2 is 1.62 bits per heavy atom. The summed E-state index contributed by atoms with van der Waals surface area (Å²) < 4.78 is 23.1. The summed E-state index contributed by atoms with van der Waals surface area (Å²) in [6, 6.07) is 0. The number of nitrogens with zero attached hydrogens (tertiary/aromatic N) is 2. The van der Waals surface area contributed by atoms with Gasteiger partial charge in [-0.15, -0.1) is 12.4 Å². The Balaban J connectivity index is 0.00000225. The van der Waals surface area contributed by atoms with E-state index in [2.05, 4.69) is 0 Å². The molecule has 1 rings (SSSR count). The second-order valence-corrected chi connectivity index (χ2v) is 5.50. The first kappa shape index (κ1) is 16.1. The summed E-state index contributed by atoms with van der Waals surface area (Å²) in [5, 5.41) is 17.5. The van der Waals surface area contributed by atoms with E-state index in [0.717, 1.165) is 6.42 Å². The van der Waals surface area contributed by atoms with Crippen LogP contribution in [0, 0.1) is 0 Å². The lowest BCUT2D eigenvalue weighted by atomic mass is 10.3.